The molecule has 0 heterocycles. The van der Waals surface area contributed by atoms with Crippen molar-refractivity contribution < 1.29 is 4.74 Å². The van der Waals surface area contributed by atoms with Gasteiger partial charge in [0.15, 0.2) is 0 Å². The molecule has 0 aliphatic heterocycles. The second-order valence-corrected chi connectivity index (χ2v) is 6.28. The third-order valence-corrected chi connectivity index (χ3v) is 5.16. The molecule has 0 saturated heterocycles. The molecule has 2 nitrogen and oxygen atoms in total. The summed E-state index contributed by atoms with van der Waals surface area (Å²) in [6.07, 6.45) is 4.10. The van der Waals surface area contributed by atoms with Gasteiger partial charge in [-0.3, -0.25) is 0 Å². The van der Waals surface area contributed by atoms with E-state index in [4.69, 9.17) is 4.74 Å². The van der Waals surface area contributed by atoms with E-state index in [2.05, 4.69) is 36.5 Å². The highest BCUT2D eigenvalue weighted by molar-refractivity contribution is 5.44. The molecule has 2 heteroatoms. The quantitative estimate of drug-likeness (QED) is 0.821. The van der Waals surface area contributed by atoms with Gasteiger partial charge in [0.1, 0.15) is 0 Å². The number of rotatable bonds is 5. The van der Waals surface area contributed by atoms with Gasteiger partial charge in [0.25, 0.3) is 0 Å². The SMILES string of the molecule is COCCNCC1CC12CCC(C)c1ccccc12. The van der Waals surface area contributed by atoms with Crippen molar-refractivity contribution in [3.8, 4) is 0 Å². The maximum atomic E-state index is 5.09. The van der Waals surface area contributed by atoms with Crippen LogP contribution in [0.1, 0.15) is 43.2 Å². The van der Waals surface area contributed by atoms with Crippen LogP contribution in [0.3, 0.4) is 0 Å². The van der Waals surface area contributed by atoms with Crippen LogP contribution in [-0.4, -0.2) is 26.8 Å². The molecule has 1 spiro atoms. The normalized spacial score (nSPS) is 32.3. The van der Waals surface area contributed by atoms with Gasteiger partial charge in [0.2, 0.25) is 0 Å². The summed E-state index contributed by atoms with van der Waals surface area (Å²) in [5.41, 5.74) is 3.75. The van der Waals surface area contributed by atoms with E-state index in [1.165, 1.54) is 19.3 Å². The topological polar surface area (TPSA) is 21.3 Å². The molecule has 3 unspecified atom stereocenters. The average molecular weight is 259 g/mol. The third kappa shape index (κ3) is 2.32. The van der Waals surface area contributed by atoms with Gasteiger partial charge >= 0.3 is 0 Å². The average Bonchev–Trinajstić information content (AvgIpc) is 3.14. The van der Waals surface area contributed by atoms with Crippen molar-refractivity contribution in [3.63, 3.8) is 0 Å². The number of hydrogen-bond donors (Lipinski definition) is 1. The molecule has 2 aliphatic rings. The van der Waals surface area contributed by atoms with Crippen LogP contribution in [0.25, 0.3) is 0 Å². The Morgan fingerprint density at radius 3 is 3.05 bits per heavy atom. The zero-order valence-electron chi connectivity index (χ0n) is 12.1. The van der Waals surface area contributed by atoms with Crippen LogP contribution in [0.2, 0.25) is 0 Å². The van der Waals surface area contributed by atoms with Gasteiger partial charge in [0.05, 0.1) is 6.61 Å². The van der Waals surface area contributed by atoms with Crippen molar-refractivity contribution >= 4 is 0 Å². The minimum Gasteiger partial charge on any atom is -0.383 e. The van der Waals surface area contributed by atoms with Crippen molar-refractivity contribution in [2.24, 2.45) is 5.92 Å². The molecule has 19 heavy (non-hydrogen) atoms. The summed E-state index contributed by atoms with van der Waals surface area (Å²) in [5, 5.41) is 3.54. The molecule has 1 aromatic rings. The van der Waals surface area contributed by atoms with Crippen molar-refractivity contribution in [2.75, 3.05) is 26.8 Å². The van der Waals surface area contributed by atoms with E-state index < -0.39 is 0 Å². The summed E-state index contributed by atoms with van der Waals surface area (Å²) in [6.45, 7) is 5.31. The summed E-state index contributed by atoms with van der Waals surface area (Å²) < 4.78 is 5.09. The van der Waals surface area contributed by atoms with Crippen LogP contribution >= 0.6 is 0 Å². The van der Waals surface area contributed by atoms with Crippen molar-refractivity contribution in [3.05, 3.63) is 35.4 Å². The lowest BCUT2D eigenvalue weighted by molar-refractivity contribution is 0.198. The molecule has 1 aromatic carbocycles. The second-order valence-electron chi connectivity index (χ2n) is 6.28. The van der Waals surface area contributed by atoms with Gasteiger partial charge in [-0.15, -0.1) is 0 Å². The van der Waals surface area contributed by atoms with Crippen LogP contribution in [0.5, 0.6) is 0 Å². The van der Waals surface area contributed by atoms with Gasteiger partial charge < -0.3 is 10.1 Å². The molecule has 1 N–H and O–H groups in total. The minimum absolute atomic E-state index is 0.503. The summed E-state index contributed by atoms with van der Waals surface area (Å²) in [5.74, 6) is 1.57. The highest BCUT2D eigenvalue weighted by atomic mass is 16.5. The lowest BCUT2D eigenvalue weighted by Crippen LogP contribution is -2.27. The molecule has 0 radical (unpaired) electrons. The first-order chi connectivity index (χ1) is 9.28. The molecule has 1 saturated carbocycles. The van der Waals surface area contributed by atoms with Crippen LogP contribution < -0.4 is 5.32 Å². The maximum Gasteiger partial charge on any atom is 0.0587 e. The van der Waals surface area contributed by atoms with E-state index in [1.807, 2.05) is 0 Å². The molecule has 0 amide bonds. The van der Waals surface area contributed by atoms with E-state index in [-0.39, 0.29) is 0 Å². The van der Waals surface area contributed by atoms with E-state index in [9.17, 15) is 0 Å². The maximum absolute atomic E-state index is 5.09. The van der Waals surface area contributed by atoms with Gasteiger partial charge in [-0.2, -0.15) is 0 Å². The zero-order valence-corrected chi connectivity index (χ0v) is 12.1. The Hall–Kier alpha value is -0.860. The van der Waals surface area contributed by atoms with Crippen molar-refractivity contribution in [2.45, 2.75) is 37.5 Å². The number of fused-ring (bicyclic) bond motifs is 2. The van der Waals surface area contributed by atoms with Crippen LogP contribution in [0, 0.1) is 5.92 Å². The Bertz CT molecular complexity index is 445. The van der Waals surface area contributed by atoms with E-state index in [0.717, 1.165) is 31.5 Å². The van der Waals surface area contributed by atoms with Crippen LogP contribution in [0.4, 0.5) is 0 Å². The highest BCUT2D eigenvalue weighted by Crippen LogP contribution is 2.61. The Morgan fingerprint density at radius 2 is 2.21 bits per heavy atom. The smallest absolute Gasteiger partial charge is 0.0587 e. The molecule has 104 valence electrons. The van der Waals surface area contributed by atoms with Crippen molar-refractivity contribution in [1.29, 1.82) is 0 Å². The third-order valence-electron chi connectivity index (χ3n) is 5.16. The Kier molecular flexibility index (Phi) is 3.64. The van der Waals surface area contributed by atoms with Crippen molar-refractivity contribution in [1.82, 2.24) is 5.32 Å². The monoisotopic (exact) mass is 259 g/mol. The summed E-state index contributed by atoms with van der Waals surface area (Å²) in [7, 11) is 1.76. The number of methoxy groups -OCH3 is 1. The Labute approximate surface area is 116 Å². The fraction of sp³-hybridized carbons (Fsp3) is 0.647. The van der Waals surface area contributed by atoms with Gasteiger partial charge in [-0.05, 0) is 48.8 Å². The zero-order chi connectivity index (χ0) is 13.3. The van der Waals surface area contributed by atoms with E-state index >= 15 is 0 Å². The molecule has 3 rings (SSSR count). The first kappa shape index (κ1) is 13.1. The largest absolute Gasteiger partial charge is 0.383 e. The van der Waals surface area contributed by atoms with Gasteiger partial charge in [0, 0.05) is 19.1 Å². The van der Waals surface area contributed by atoms with Crippen LogP contribution in [-0.2, 0) is 10.2 Å². The van der Waals surface area contributed by atoms with Gasteiger partial charge in [-0.25, -0.2) is 0 Å². The minimum atomic E-state index is 0.503. The predicted molar refractivity (Wildman–Crippen MR) is 78.6 cm³/mol. The van der Waals surface area contributed by atoms with E-state index in [0.29, 0.717) is 5.41 Å². The Balaban J connectivity index is 1.69. The Morgan fingerprint density at radius 1 is 1.37 bits per heavy atom. The number of hydrogen-bond acceptors (Lipinski definition) is 2. The number of nitrogens with one attached hydrogen (secondary N) is 1. The molecule has 0 aromatic heterocycles. The molecule has 0 bridgehead atoms. The van der Waals surface area contributed by atoms with Gasteiger partial charge in [-0.1, -0.05) is 31.2 Å². The lowest BCUT2D eigenvalue weighted by Gasteiger charge is -2.31. The molecule has 2 aliphatic carbocycles. The molecule has 1 fully saturated rings. The molecular weight excluding hydrogens is 234 g/mol. The number of ether oxygens (including phenoxy) is 1. The first-order valence-electron chi connectivity index (χ1n) is 7.57. The first-order valence-corrected chi connectivity index (χ1v) is 7.57. The molecular formula is C17H25NO. The predicted octanol–water partition coefficient (Wildman–Crippen LogP) is 3.08. The summed E-state index contributed by atoms with van der Waals surface area (Å²) in [6, 6.07) is 9.13. The fourth-order valence-corrected chi connectivity index (χ4v) is 3.88. The number of benzene rings is 1. The summed E-state index contributed by atoms with van der Waals surface area (Å²) >= 11 is 0. The summed E-state index contributed by atoms with van der Waals surface area (Å²) in [4.78, 5) is 0. The molecule has 3 atom stereocenters. The highest BCUT2D eigenvalue weighted by Gasteiger charge is 2.56. The standard InChI is InChI=1S/C17H25NO/c1-13-7-8-17(16-6-4-3-5-15(13)16)11-14(17)12-18-9-10-19-2/h3-6,13-14,18H,7-12H2,1-2H3. The lowest BCUT2D eigenvalue weighted by atomic mass is 9.74. The second kappa shape index (κ2) is 5.26. The van der Waals surface area contributed by atoms with Crippen LogP contribution in [0.15, 0.2) is 24.3 Å². The van der Waals surface area contributed by atoms with E-state index in [1.54, 1.807) is 18.2 Å². The fourth-order valence-electron chi connectivity index (χ4n) is 3.88.